The molecule has 0 aliphatic heterocycles. The maximum absolute atomic E-state index is 9.87. The minimum absolute atomic E-state index is 0.134. The van der Waals surface area contributed by atoms with E-state index in [0.29, 0.717) is 0 Å². The largest absolute Gasteiger partial charge is 0.394 e. The van der Waals surface area contributed by atoms with Gasteiger partial charge in [0.2, 0.25) is 0 Å². The molecule has 98 valence electrons. The molecule has 3 nitrogen and oxygen atoms in total. The van der Waals surface area contributed by atoms with Crippen molar-refractivity contribution in [3.63, 3.8) is 0 Å². The lowest BCUT2D eigenvalue weighted by Crippen LogP contribution is -2.43. The molecule has 0 radical (unpaired) electrons. The smallest absolute Gasteiger partial charge is 0.0677 e. The van der Waals surface area contributed by atoms with Crippen LogP contribution in [0.15, 0.2) is 48.8 Å². The lowest BCUT2D eigenvalue weighted by Gasteiger charge is -2.30. The lowest BCUT2D eigenvalue weighted by atomic mass is 9.92. The molecule has 0 bridgehead atoms. The molecule has 1 atom stereocenters. The van der Waals surface area contributed by atoms with Gasteiger partial charge in [-0.2, -0.15) is 0 Å². The number of aryl methyl sites for hydroxylation is 1. The summed E-state index contributed by atoms with van der Waals surface area (Å²) in [6, 6.07) is 12.4. The highest BCUT2D eigenvalue weighted by Crippen LogP contribution is 2.36. The van der Waals surface area contributed by atoms with E-state index in [1.54, 1.807) is 12.4 Å². The number of nitrogens with zero attached hydrogens (tertiary/aromatic N) is 1. The first kappa shape index (κ1) is 12.3. The molecular weight excluding hydrogens is 236 g/mol. The molecule has 1 aromatic heterocycles. The molecule has 19 heavy (non-hydrogen) atoms. The van der Waals surface area contributed by atoms with Crippen LogP contribution < -0.4 is 5.32 Å². The number of rotatable bonds is 4. The molecule has 3 rings (SSSR count). The summed E-state index contributed by atoms with van der Waals surface area (Å²) in [6.45, 7) is 0.881. The predicted octanol–water partition coefficient (Wildman–Crippen LogP) is 2.01. The molecule has 1 aliphatic rings. The lowest BCUT2D eigenvalue weighted by molar-refractivity contribution is 0.159. The normalized spacial score (nSPS) is 21.3. The Hall–Kier alpha value is -1.71. The summed E-state index contributed by atoms with van der Waals surface area (Å²) in [7, 11) is 0. The van der Waals surface area contributed by atoms with Crippen LogP contribution >= 0.6 is 0 Å². The minimum Gasteiger partial charge on any atom is -0.394 e. The van der Waals surface area contributed by atoms with Crippen LogP contribution in [0.2, 0.25) is 0 Å². The van der Waals surface area contributed by atoms with Crippen LogP contribution in [0.3, 0.4) is 0 Å². The summed E-state index contributed by atoms with van der Waals surface area (Å²) in [6.07, 6.45) is 5.57. The molecule has 1 aromatic carbocycles. The standard InChI is InChI=1S/C16H18N2O/c19-12-16(18-11-13-6-9-17-10-7-13)8-5-14-3-1-2-4-15(14)16/h1-4,6-7,9-10,18-19H,5,8,11-12H2. The fraction of sp³-hybridized carbons (Fsp3) is 0.312. The Bertz CT molecular complexity index is 556. The van der Waals surface area contributed by atoms with Crippen molar-refractivity contribution in [2.45, 2.75) is 24.9 Å². The van der Waals surface area contributed by atoms with Crippen molar-refractivity contribution in [3.05, 3.63) is 65.5 Å². The predicted molar refractivity (Wildman–Crippen MR) is 74.6 cm³/mol. The summed E-state index contributed by atoms with van der Waals surface area (Å²) in [4.78, 5) is 4.02. The van der Waals surface area contributed by atoms with E-state index in [-0.39, 0.29) is 12.1 Å². The highest BCUT2D eigenvalue weighted by molar-refractivity contribution is 5.39. The molecule has 1 heterocycles. The van der Waals surface area contributed by atoms with E-state index in [4.69, 9.17) is 0 Å². The Labute approximate surface area is 113 Å². The third-order valence-corrected chi connectivity index (χ3v) is 4.00. The number of benzene rings is 1. The Kier molecular flexibility index (Phi) is 3.32. The van der Waals surface area contributed by atoms with Gasteiger partial charge in [0, 0.05) is 18.9 Å². The monoisotopic (exact) mass is 254 g/mol. The zero-order valence-electron chi connectivity index (χ0n) is 10.8. The summed E-state index contributed by atoms with van der Waals surface area (Å²) in [5.41, 5.74) is 3.48. The Morgan fingerprint density at radius 2 is 1.95 bits per heavy atom. The van der Waals surface area contributed by atoms with Gasteiger partial charge in [0.15, 0.2) is 0 Å². The van der Waals surface area contributed by atoms with Crippen LogP contribution in [0.4, 0.5) is 0 Å². The number of pyridine rings is 1. The molecule has 1 unspecified atom stereocenters. The summed E-state index contributed by atoms with van der Waals surface area (Å²) < 4.78 is 0. The van der Waals surface area contributed by atoms with Gasteiger partial charge in [-0.05, 0) is 41.7 Å². The van der Waals surface area contributed by atoms with Crippen LogP contribution in [0, 0.1) is 0 Å². The number of aromatic nitrogens is 1. The topological polar surface area (TPSA) is 45.1 Å². The minimum atomic E-state index is -0.292. The van der Waals surface area contributed by atoms with Gasteiger partial charge in [0.05, 0.1) is 12.1 Å². The molecule has 0 spiro atoms. The fourth-order valence-corrected chi connectivity index (χ4v) is 2.86. The summed E-state index contributed by atoms with van der Waals surface area (Å²) in [5.74, 6) is 0. The van der Waals surface area contributed by atoms with Crippen LogP contribution in [0.5, 0.6) is 0 Å². The van der Waals surface area contributed by atoms with Crippen LogP contribution in [0.25, 0.3) is 0 Å². The van der Waals surface area contributed by atoms with E-state index in [0.717, 1.165) is 19.4 Å². The van der Waals surface area contributed by atoms with Crippen molar-refractivity contribution in [3.8, 4) is 0 Å². The average Bonchev–Trinajstić information content (AvgIpc) is 2.86. The van der Waals surface area contributed by atoms with Gasteiger partial charge in [-0.15, -0.1) is 0 Å². The molecule has 0 fully saturated rings. The first-order valence-corrected chi connectivity index (χ1v) is 6.67. The van der Waals surface area contributed by atoms with Crippen molar-refractivity contribution in [2.75, 3.05) is 6.61 Å². The van der Waals surface area contributed by atoms with E-state index < -0.39 is 0 Å². The summed E-state index contributed by atoms with van der Waals surface area (Å²) in [5, 5.41) is 13.4. The maximum atomic E-state index is 9.87. The zero-order chi connectivity index (χ0) is 13.1. The number of hydrogen-bond acceptors (Lipinski definition) is 3. The molecular formula is C16H18N2O. The molecule has 2 aromatic rings. The van der Waals surface area contributed by atoms with Gasteiger partial charge in [0.25, 0.3) is 0 Å². The first-order chi connectivity index (χ1) is 9.34. The van der Waals surface area contributed by atoms with Crippen molar-refractivity contribution >= 4 is 0 Å². The first-order valence-electron chi connectivity index (χ1n) is 6.67. The van der Waals surface area contributed by atoms with Gasteiger partial charge in [0.1, 0.15) is 0 Å². The zero-order valence-corrected chi connectivity index (χ0v) is 10.8. The van der Waals surface area contributed by atoms with E-state index in [1.807, 2.05) is 18.2 Å². The Morgan fingerprint density at radius 3 is 2.74 bits per heavy atom. The number of aliphatic hydroxyl groups is 1. The third-order valence-electron chi connectivity index (χ3n) is 4.00. The van der Waals surface area contributed by atoms with Gasteiger partial charge in [-0.3, -0.25) is 4.98 Å². The fourth-order valence-electron chi connectivity index (χ4n) is 2.86. The van der Waals surface area contributed by atoms with E-state index in [2.05, 4.69) is 28.5 Å². The number of hydrogen-bond donors (Lipinski definition) is 2. The maximum Gasteiger partial charge on any atom is 0.0677 e. The van der Waals surface area contributed by atoms with Gasteiger partial charge in [-0.25, -0.2) is 0 Å². The van der Waals surface area contributed by atoms with Crippen molar-refractivity contribution in [1.29, 1.82) is 0 Å². The quantitative estimate of drug-likeness (QED) is 0.877. The molecule has 3 heteroatoms. The highest BCUT2D eigenvalue weighted by atomic mass is 16.3. The van der Waals surface area contributed by atoms with Crippen molar-refractivity contribution in [2.24, 2.45) is 0 Å². The van der Waals surface area contributed by atoms with Crippen LogP contribution in [-0.2, 0) is 18.5 Å². The van der Waals surface area contributed by atoms with Crippen molar-refractivity contribution < 1.29 is 5.11 Å². The van der Waals surface area contributed by atoms with E-state index in [1.165, 1.54) is 16.7 Å². The Balaban J connectivity index is 1.82. The average molecular weight is 254 g/mol. The van der Waals surface area contributed by atoms with Gasteiger partial charge < -0.3 is 10.4 Å². The van der Waals surface area contributed by atoms with Crippen LogP contribution in [-0.4, -0.2) is 16.7 Å². The Morgan fingerprint density at radius 1 is 1.16 bits per heavy atom. The number of nitrogens with one attached hydrogen (secondary N) is 1. The highest BCUT2D eigenvalue weighted by Gasteiger charge is 2.37. The number of fused-ring (bicyclic) bond motifs is 1. The van der Waals surface area contributed by atoms with Gasteiger partial charge in [-0.1, -0.05) is 24.3 Å². The van der Waals surface area contributed by atoms with Crippen LogP contribution in [0.1, 0.15) is 23.1 Å². The van der Waals surface area contributed by atoms with E-state index in [9.17, 15) is 5.11 Å². The third kappa shape index (κ3) is 2.27. The summed E-state index contributed by atoms with van der Waals surface area (Å²) >= 11 is 0. The molecule has 1 aliphatic carbocycles. The second kappa shape index (κ2) is 5.11. The second-order valence-corrected chi connectivity index (χ2v) is 5.11. The van der Waals surface area contributed by atoms with Gasteiger partial charge >= 0.3 is 0 Å². The molecule has 0 saturated carbocycles. The molecule has 0 amide bonds. The molecule has 2 N–H and O–H groups in total. The SMILES string of the molecule is OCC1(NCc2ccncc2)CCc2ccccc21. The number of aliphatic hydroxyl groups excluding tert-OH is 1. The molecule has 0 saturated heterocycles. The van der Waals surface area contributed by atoms with E-state index >= 15 is 0 Å². The van der Waals surface area contributed by atoms with Crippen molar-refractivity contribution in [1.82, 2.24) is 10.3 Å². The second-order valence-electron chi connectivity index (χ2n) is 5.11.